The van der Waals surface area contributed by atoms with Gasteiger partial charge in [0.1, 0.15) is 13.2 Å². The minimum absolute atomic E-state index is 0.0157. The van der Waals surface area contributed by atoms with Crippen LogP contribution in [0.5, 0.6) is 0 Å². The first-order valence-corrected chi connectivity index (χ1v) is 5.94. The Morgan fingerprint density at radius 1 is 1.05 bits per heavy atom. The van der Waals surface area contributed by atoms with Crippen LogP contribution < -0.4 is 0 Å². The fourth-order valence-corrected chi connectivity index (χ4v) is 1.30. The Hall–Kier alpha value is -2.35. The van der Waals surface area contributed by atoms with Gasteiger partial charge < -0.3 is 9.47 Å². The van der Waals surface area contributed by atoms with E-state index in [2.05, 4.69) is 0 Å². The van der Waals surface area contributed by atoms with E-state index in [1.165, 1.54) is 0 Å². The third kappa shape index (κ3) is 6.84. The Balaban J connectivity index is 2.14. The van der Waals surface area contributed by atoms with Gasteiger partial charge in [-0.2, -0.15) is 5.26 Å². The van der Waals surface area contributed by atoms with E-state index in [0.717, 1.165) is 5.56 Å². The Morgan fingerprint density at radius 3 is 2.32 bits per heavy atom. The van der Waals surface area contributed by atoms with Gasteiger partial charge in [0, 0.05) is 0 Å². The molecule has 0 radical (unpaired) electrons. The molecule has 0 spiro atoms. The molecule has 0 aliphatic heterocycles. The third-order valence-electron chi connectivity index (χ3n) is 2.25. The second-order valence-corrected chi connectivity index (χ2v) is 3.77. The summed E-state index contributed by atoms with van der Waals surface area (Å²) >= 11 is 0. The van der Waals surface area contributed by atoms with Crippen molar-refractivity contribution in [1.29, 1.82) is 5.26 Å². The molecule has 19 heavy (non-hydrogen) atoms. The van der Waals surface area contributed by atoms with Crippen LogP contribution in [0.4, 0.5) is 0 Å². The summed E-state index contributed by atoms with van der Waals surface area (Å²) in [7, 11) is 0. The summed E-state index contributed by atoms with van der Waals surface area (Å²) in [6.07, 6.45) is 0.113. The summed E-state index contributed by atoms with van der Waals surface area (Å²) in [5.74, 6) is -0.937. The zero-order chi connectivity index (χ0) is 13.9. The number of nitrogens with zero attached hydrogens (tertiary/aromatic N) is 1. The average Bonchev–Trinajstić information content (AvgIpc) is 2.44. The third-order valence-corrected chi connectivity index (χ3v) is 2.25. The average molecular weight is 261 g/mol. The van der Waals surface area contributed by atoms with Crippen LogP contribution in [0.3, 0.4) is 0 Å². The predicted octanol–water partition coefficient (Wildman–Crippen LogP) is 1.97. The molecular formula is C14H15NO4. The van der Waals surface area contributed by atoms with Crippen LogP contribution in [-0.4, -0.2) is 18.5 Å². The van der Waals surface area contributed by atoms with Crippen molar-refractivity contribution in [3.05, 3.63) is 35.9 Å². The summed E-state index contributed by atoms with van der Waals surface area (Å²) in [4.78, 5) is 22.5. The number of ether oxygens (including phenoxy) is 2. The minimum atomic E-state index is -0.494. The highest BCUT2D eigenvalue weighted by atomic mass is 16.5. The van der Waals surface area contributed by atoms with Crippen molar-refractivity contribution in [2.24, 2.45) is 0 Å². The Labute approximate surface area is 111 Å². The number of rotatable bonds is 7. The van der Waals surface area contributed by atoms with Crippen LogP contribution >= 0.6 is 0 Å². The van der Waals surface area contributed by atoms with Gasteiger partial charge in [-0.1, -0.05) is 30.3 Å². The fraction of sp³-hybridized carbons (Fsp3) is 0.357. The summed E-state index contributed by atoms with van der Waals surface area (Å²) in [5.41, 5.74) is 0.896. The van der Waals surface area contributed by atoms with Gasteiger partial charge in [-0.25, -0.2) is 0 Å². The van der Waals surface area contributed by atoms with Crippen molar-refractivity contribution in [3.63, 3.8) is 0 Å². The van der Waals surface area contributed by atoms with Crippen molar-refractivity contribution in [3.8, 4) is 6.07 Å². The monoisotopic (exact) mass is 261 g/mol. The van der Waals surface area contributed by atoms with Gasteiger partial charge >= 0.3 is 11.9 Å². The normalized spacial score (nSPS) is 9.42. The predicted molar refractivity (Wildman–Crippen MR) is 66.7 cm³/mol. The molecule has 0 amide bonds. The van der Waals surface area contributed by atoms with Crippen molar-refractivity contribution >= 4 is 11.9 Å². The SMILES string of the molecule is N#CCCOC(=O)CCC(=O)OCc1ccccc1. The van der Waals surface area contributed by atoms with Crippen molar-refractivity contribution < 1.29 is 19.1 Å². The molecular weight excluding hydrogens is 246 g/mol. The van der Waals surface area contributed by atoms with Crippen molar-refractivity contribution in [2.45, 2.75) is 25.9 Å². The summed E-state index contributed by atoms with van der Waals surface area (Å²) in [5, 5.41) is 8.26. The molecule has 0 saturated heterocycles. The molecule has 0 fully saturated rings. The number of hydrogen-bond donors (Lipinski definition) is 0. The Morgan fingerprint density at radius 2 is 1.68 bits per heavy atom. The summed E-state index contributed by atoms with van der Waals surface area (Å²) in [6, 6.07) is 11.2. The molecule has 0 unspecified atom stereocenters. The lowest BCUT2D eigenvalue weighted by Gasteiger charge is -2.05. The number of nitriles is 1. The molecule has 100 valence electrons. The van der Waals surface area contributed by atoms with E-state index in [0.29, 0.717) is 0 Å². The zero-order valence-corrected chi connectivity index (χ0v) is 10.5. The first-order valence-electron chi connectivity index (χ1n) is 5.94. The van der Waals surface area contributed by atoms with Gasteiger partial charge in [-0.05, 0) is 5.56 Å². The molecule has 0 heterocycles. The molecule has 0 atom stereocenters. The second-order valence-electron chi connectivity index (χ2n) is 3.77. The summed E-state index contributed by atoms with van der Waals surface area (Å²) in [6.45, 7) is 0.261. The number of carbonyl (C=O) groups excluding carboxylic acids is 2. The maximum Gasteiger partial charge on any atom is 0.306 e. The highest BCUT2D eigenvalue weighted by Crippen LogP contribution is 2.03. The van der Waals surface area contributed by atoms with Crippen LogP contribution in [0, 0.1) is 11.3 Å². The van der Waals surface area contributed by atoms with E-state index in [1.807, 2.05) is 36.4 Å². The molecule has 1 rings (SSSR count). The quantitative estimate of drug-likeness (QED) is 0.554. The number of hydrogen-bond acceptors (Lipinski definition) is 5. The van der Waals surface area contributed by atoms with E-state index >= 15 is 0 Å². The van der Waals surface area contributed by atoms with Crippen LogP contribution in [0.15, 0.2) is 30.3 Å². The van der Waals surface area contributed by atoms with Gasteiger partial charge in [0.2, 0.25) is 0 Å². The number of benzene rings is 1. The molecule has 5 nitrogen and oxygen atoms in total. The van der Waals surface area contributed by atoms with Crippen molar-refractivity contribution in [2.75, 3.05) is 6.61 Å². The smallest absolute Gasteiger partial charge is 0.306 e. The second kappa shape index (κ2) is 8.70. The maximum absolute atomic E-state index is 11.4. The molecule has 1 aromatic carbocycles. The first kappa shape index (κ1) is 14.7. The van der Waals surface area contributed by atoms with E-state index in [1.54, 1.807) is 0 Å². The molecule has 0 N–H and O–H groups in total. The van der Waals surface area contributed by atoms with Crippen LogP contribution in [-0.2, 0) is 25.7 Å². The van der Waals surface area contributed by atoms with E-state index in [-0.39, 0.29) is 32.5 Å². The lowest BCUT2D eigenvalue weighted by molar-refractivity contribution is -0.151. The molecule has 0 bridgehead atoms. The van der Waals surface area contributed by atoms with Crippen LogP contribution in [0.1, 0.15) is 24.8 Å². The lowest BCUT2D eigenvalue weighted by atomic mass is 10.2. The summed E-state index contributed by atoms with van der Waals surface area (Å²) < 4.78 is 9.73. The van der Waals surface area contributed by atoms with E-state index in [4.69, 9.17) is 14.7 Å². The molecule has 0 saturated carbocycles. The topological polar surface area (TPSA) is 76.4 Å². The standard InChI is InChI=1S/C14H15NO4/c15-9-4-10-18-13(16)7-8-14(17)19-11-12-5-2-1-3-6-12/h1-3,5-6H,4,7-8,10-11H2. The van der Waals surface area contributed by atoms with Gasteiger partial charge in [0.25, 0.3) is 0 Å². The first-order chi connectivity index (χ1) is 9.22. The largest absolute Gasteiger partial charge is 0.465 e. The van der Waals surface area contributed by atoms with Gasteiger partial charge in [-0.15, -0.1) is 0 Å². The Bertz CT molecular complexity index is 450. The van der Waals surface area contributed by atoms with E-state index in [9.17, 15) is 9.59 Å². The van der Waals surface area contributed by atoms with Gasteiger partial charge in [-0.3, -0.25) is 9.59 Å². The molecule has 0 aliphatic carbocycles. The number of carbonyl (C=O) groups is 2. The highest BCUT2D eigenvalue weighted by molar-refractivity contribution is 5.77. The number of esters is 2. The minimum Gasteiger partial charge on any atom is -0.465 e. The van der Waals surface area contributed by atoms with Crippen LogP contribution in [0.25, 0.3) is 0 Å². The fourth-order valence-electron chi connectivity index (χ4n) is 1.30. The van der Waals surface area contributed by atoms with E-state index < -0.39 is 11.9 Å². The molecule has 1 aromatic rings. The van der Waals surface area contributed by atoms with Gasteiger partial charge in [0.05, 0.1) is 25.3 Å². The molecule has 0 aromatic heterocycles. The maximum atomic E-state index is 11.4. The highest BCUT2D eigenvalue weighted by Gasteiger charge is 2.09. The Kier molecular flexibility index (Phi) is 6.73. The molecule has 0 aliphatic rings. The molecule has 5 heteroatoms. The zero-order valence-electron chi connectivity index (χ0n) is 10.5. The lowest BCUT2D eigenvalue weighted by Crippen LogP contribution is -2.10. The van der Waals surface area contributed by atoms with Gasteiger partial charge in [0.15, 0.2) is 0 Å². The van der Waals surface area contributed by atoms with Crippen LogP contribution in [0.2, 0.25) is 0 Å². The van der Waals surface area contributed by atoms with Crippen molar-refractivity contribution in [1.82, 2.24) is 0 Å².